The number of sulfonamides is 1. The maximum Gasteiger partial charge on any atom is 0.269 e. The molecule has 4 nitrogen and oxygen atoms in total. The molecule has 1 aromatic rings. The lowest BCUT2D eigenvalue weighted by Gasteiger charge is -2.29. The molecular formula is C14H15NO3S. The molecule has 5 heteroatoms. The highest BCUT2D eigenvalue weighted by Crippen LogP contribution is 2.49. The van der Waals surface area contributed by atoms with Gasteiger partial charge in [-0.15, -0.1) is 0 Å². The van der Waals surface area contributed by atoms with Gasteiger partial charge in [-0.05, 0) is 43.2 Å². The van der Waals surface area contributed by atoms with Crippen molar-refractivity contribution in [3.8, 4) is 0 Å². The highest BCUT2D eigenvalue weighted by molar-refractivity contribution is 7.90. The molecule has 0 unspecified atom stereocenters. The lowest BCUT2D eigenvalue weighted by Crippen LogP contribution is -2.42. The zero-order valence-electron chi connectivity index (χ0n) is 10.5. The van der Waals surface area contributed by atoms with Gasteiger partial charge >= 0.3 is 0 Å². The Kier molecular flexibility index (Phi) is 2.17. The van der Waals surface area contributed by atoms with Gasteiger partial charge in [0, 0.05) is 0 Å². The molecule has 1 amide bonds. The molecular weight excluding hydrogens is 262 g/mol. The minimum atomic E-state index is -3.62. The van der Waals surface area contributed by atoms with E-state index in [-0.39, 0.29) is 16.8 Å². The number of fused-ring (bicyclic) bond motifs is 3. The highest BCUT2D eigenvalue weighted by Gasteiger charge is 2.51. The summed E-state index contributed by atoms with van der Waals surface area (Å²) >= 11 is 0. The number of carbonyl (C=O) groups excluding carboxylic acids is 1. The monoisotopic (exact) mass is 277 g/mol. The number of benzene rings is 1. The lowest BCUT2D eigenvalue weighted by molar-refractivity contribution is 0.0798. The molecule has 0 aromatic heterocycles. The van der Waals surface area contributed by atoms with Gasteiger partial charge in [-0.3, -0.25) is 4.79 Å². The van der Waals surface area contributed by atoms with Crippen molar-refractivity contribution in [1.29, 1.82) is 0 Å². The molecule has 2 bridgehead atoms. The Hall–Kier alpha value is -1.36. The van der Waals surface area contributed by atoms with Gasteiger partial charge in [0.05, 0.1) is 11.6 Å². The second kappa shape index (κ2) is 3.60. The molecule has 0 radical (unpaired) electrons. The Bertz CT molecular complexity index is 667. The molecule has 1 aliphatic heterocycles. The van der Waals surface area contributed by atoms with E-state index in [0.717, 1.165) is 19.3 Å². The van der Waals surface area contributed by atoms with E-state index in [1.54, 1.807) is 18.2 Å². The molecule has 4 rings (SSSR count). The number of rotatable bonds is 1. The summed E-state index contributed by atoms with van der Waals surface area (Å²) in [6.07, 6.45) is 4.19. The van der Waals surface area contributed by atoms with Crippen molar-refractivity contribution >= 4 is 15.9 Å². The highest BCUT2D eigenvalue weighted by atomic mass is 32.2. The average Bonchev–Trinajstić information content (AvgIpc) is 3.05. The number of hydrogen-bond acceptors (Lipinski definition) is 3. The minimum absolute atomic E-state index is 0.108. The Labute approximate surface area is 112 Å². The molecule has 1 heterocycles. The van der Waals surface area contributed by atoms with E-state index < -0.39 is 10.0 Å². The van der Waals surface area contributed by atoms with Gasteiger partial charge < -0.3 is 0 Å². The van der Waals surface area contributed by atoms with Gasteiger partial charge in [-0.1, -0.05) is 18.6 Å². The van der Waals surface area contributed by atoms with E-state index in [9.17, 15) is 13.2 Å². The molecule has 2 saturated carbocycles. The van der Waals surface area contributed by atoms with Gasteiger partial charge in [0.15, 0.2) is 0 Å². The van der Waals surface area contributed by atoms with Crippen molar-refractivity contribution in [2.24, 2.45) is 11.8 Å². The Morgan fingerprint density at radius 2 is 1.89 bits per heavy atom. The molecule has 3 aliphatic rings. The van der Waals surface area contributed by atoms with E-state index in [1.807, 2.05) is 0 Å². The van der Waals surface area contributed by atoms with Crippen LogP contribution in [0, 0.1) is 11.8 Å². The van der Waals surface area contributed by atoms with Gasteiger partial charge in [0.25, 0.3) is 15.9 Å². The third kappa shape index (κ3) is 1.39. The Balaban J connectivity index is 1.81. The smallest absolute Gasteiger partial charge is 0.268 e. The first kappa shape index (κ1) is 11.5. The van der Waals surface area contributed by atoms with Crippen LogP contribution in [0.4, 0.5) is 0 Å². The fraction of sp³-hybridized carbons (Fsp3) is 0.500. The van der Waals surface area contributed by atoms with Gasteiger partial charge in [0.1, 0.15) is 4.90 Å². The van der Waals surface area contributed by atoms with Crippen LogP contribution in [0.3, 0.4) is 0 Å². The average molecular weight is 277 g/mol. The number of amides is 1. The summed E-state index contributed by atoms with van der Waals surface area (Å²) in [5.41, 5.74) is 0.338. The van der Waals surface area contributed by atoms with Gasteiger partial charge in [-0.2, -0.15) is 0 Å². The van der Waals surface area contributed by atoms with E-state index in [2.05, 4.69) is 0 Å². The predicted octanol–water partition coefficient (Wildman–Crippen LogP) is 2.02. The molecule has 100 valence electrons. The molecule has 0 saturated heterocycles. The molecule has 2 fully saturated rings. The lowest BCUT2D eigenvalue weighted by atomic mass is 9.95. The van der Waals surface area contributed by atoms with Crippen LogP contribution in [-0.2, 0) is 10.0 Å². The van der Waals surface area contributed by atoms with Crippen LogP contribution >= 0.6 is 0 Å². The maximum atomic E-state index is 12.6. The Morgan fingerprint density at radius 1 is 1.11 bits per heavy atom. The second-order valence-corrected chi connectivity index (χ2v) is 7.63. The van der Waals surface area contributed by atoms with Gasteiger partial charge in [0.2, 0.25) is 0 Å². The van der Waals surface area contributed by atoms with Crippen LogP contribution < -0.4 is 0 Å². The first-order valence-corrected chi connectivity index (χ1v) is 8.21. The first-order valence-electron chi connectivity index (χ1n) is 6.77. The molecule has 0 spiro atoms. The van der Waals surface area contributed by atoms with Crippen LogP contribution in [-0.4, -0.2) is 24.7 Å². The van der Waals surface area contributed by atoms with Gasteiger partial charge in [-0.25, -0.2) is 12.7 Å². The fourth-order valence-corrected chi connectivity index (χ4v) is 5.86. The summed E-state index contributed by atoms with van der Waals surface area (Å²) in [5.74, 6) is 0.660. The molecule has 0 N–H and O–H groups in total. The van der Waals surface area contributed by atoms with Crippen LogP contribution in [0.25, 0.3) is 0 Å². The maximum absolute atomic E-state index is 12.6. The standard InChI is InChI=1S/C14H15NO3S/c16-14-11-3-1-2-4-13(11)19(17,18)15(14)12-8-9-5-6-10(12)7-9/h1-4,9-10,12H,5-8H2/t9-,10-,12-/m0/s1. The van der Waals surface area contributed by atoms with Crippen LogP contribution in [0.15, 0.2) is 29.2 Å². The third-order valence-electron chi connectivity index (χ3n) is 4.86. The Morgan fingerprint density at radius 3 is 2.53 bits per heavy atom. The number of carbonyl (C=O) groups is 1. The summed E-state index contributed by atoms with van der Waals surface area (Å²) < 4.78 is 26.3. The molecule has 2 aliphatic carbocycles. The van der Waals surface area contributed by atoms with E-state index in [4.69, 9.17) is 0 Å². The van der Waals surface area contributed by atoms with Crippen molar-refractivity contribution in [1.82, 2.24) is 4.31 Å². The SMILES string of the molecule is O=C1c2ccccc2S(=O)(=O)N1[C@H]1C[C@H]2CC[C@H]1C2. The van der Waals surface area contributed by atoms with Crippen LogP contribution in [0.1, 0.15) is 36.0 Å². The number of nitrogens with zero attached hydrogens (tertiary/aromatic N) is 1. The van der Waals surface area contributed by atoms with E-state index >= 15 is 0 Å². The zero-order valence-corrected chi connectivity index (χ0v) is 11.3. The summed E-state index contributed by atoms with van der Waals surface area (Å²) in [4.78, 5) is 12.6. The summed E-state index contributed by atoms with van der Waals surface area (Å²) in [5, 5.41) is 0. The normalized spacial score (nSPS) is 34.8. The summed E-state index contributed by atoms with van der Waals surface area (Å²) in [6.45, 7) is 0. The fourth-order valence-electron chi connectivity index (χ4n) is 4.03. The quantitative estimate of drug-likeness (QED) is 0.789. The summed E-state index contributed by atoms with van der Waals surface area (Å²) in [6, 6.07) is 6.44. The zero-order chi connectivity index (χ0) is 13.2. The third-order valence-corrected chi connectivity index (χ3v) is 6.72. The van der Waals surface area contributed by atoms with E-state index in [1.165, 1.54) is 16.8 Å². The van der Waals surface area contributed by atoms with Crippen molar-refractivity contribution in [3.05, 3.63) is 29.8 Å². The summed E-state index contributed by atoms with van der Waals surface area (Å²) in [7, 11) is -3.62. The van der Waals surface area contributed by atoms with Crippen LogP contribution in [0.2, 0.25) is 0 Å². The van der Waals surface area contributed by atoms with Crippen molar-refractivity contribution < 1.29 is 13.2 Å². The van der Waals surface area contributed by atoms with Crippen molar-refractivity contribution in [2.45, 2.75) is 36.6 Å². The predicted molar refractivity (Wildman–Crippen MR) is 69.0 cm³/mol. The molecule has 1 aromatic carbocycles. The molecule has 3 atom stereocenters. The largest absolute Gasteiger partial charge is 0.269 e. The second-order valence-electron chi connectivity index (χ2n) is 5.84. The molecule has 19 heavy (non-hydrogen) atoms. The number of hydrogen-bond donors (Lipinski definition) is 0. The minimum Gasteiger partial charge on any atom is -0.268 e. The van der Waals surface area contributed by atoms with E-state index in [0.29, 0.717) is 17.4 Å². The van der Waals surface area contributed by atoms with Crippen molar-refractivity contribution in [2.75, 3.05) is 0 Å². The van der Waals surface area contributed by atoms with Crippen molar-refractivity contribution in [3.63, 3.8) is 0 Å². The first-order chi connectivity index (χ1) is 9.09. The van der Waals surface area contributed by atoms with Crippen LogP contribution in [0.5, 0.6) is 0 Å². The topological polar surface area (TPSA) is 54.5 Å².